The third-order valence-electron chi connectivity index (χ3n) is 2.19. The van der Waals surface area contributed by atoms with Gasteiger partial charge in [0.25, 0.3) is 0 Å². The lowest BCUT2D eigenvalue weighted by Gasteiger charge is -2.27. The van der Waals surface area contributed by atoms with Crippen LogP contribution in [0.5, 0.6) is 0 Å². The van der Waals surface area contributed by atoms with Crippen molar-refractivity contribution in [3.8, 4) is 0 Å². The number of hydrogen-bond acceptors (Lipinski definition) is 2. The first kappa shape index (κ1) is 15.0. The number of nitrogens with one attached hydrogen (secondary N) is 1. The maximum Gasteiger partial charge on any atom is 0.136 e. The first-order chi connectivity index (χ1) is 6.91. The van der Waals surface area contributed by atoms with Crippen LogP contribution in [0.2, 0.25) is 0 Å². The molecule has 0 fully saturated rings. The number of rotatable bonds is 7. The van der Waals surface area contributed by atoms with Crippen molar-refractivity contribution < 1.29 is 4.55 Å². The van der Waals surface area contributed by atoms with Gasteiger partial charge in [-0.1, -0.05) is 25.8 Å². The van der Waals surface area contributed by atoms with Crippen molar-refractivity contribution in [2.24, 2.45) is 0 Å². The van der Waals surface area contributed by atoms with E-state index < -0.39 is 11.4 Å². The Morgan fingerprint density at radius 2 is 2.07 bits per heavy atom. The predicted molar refractivity (Wildman–Crippen MR) is 69.2 cm³/mol. The highest BCUT2D eigenvalue weighted by molar-refractivity contribution is 7.90. The van der Waals surface area contributed by atoms with E-state index in [0.29, 0.717) is 6.04 Å². The second-order valence-corrected chi connectivity index (χ2v) is 6.86. The molecule has 0 aliphatic rings. The average molecular weight is 231 g/mol. The minimum Gasteiger partial charge on any atom is -0.598 e. The van der Waals surface area contributed by atoms with E-state index in [2.05, 4.69) is 18.2 Å². The fraction of sp³-hybridized carbons (Fsp3) is 0.833. The Labute approximate surface area is 97.8 Å². The largest absolute Gasteiger partial charge is 0.598 e. The molecular formula is C12H25NOS. The summed E-state index contributed by atoms with van der Waals surface area (Å²) in [5.74, 6) is 0. The first-order valence-electron chi connectivity index (χ1n) is 5.70. The van der Waals surface area contributed by atoms with Gasteiger partial charge < -0.3 is 4.55 Å². The van der Waals surface area contributed by atoms with Crippen molar-refractivity contribution in [2.45, 2.75) is 64.2 Å². The fourth-order valence-electron chi connectivity index (χ4n) is 1.20. The minimum atomic E-state index is -0.970. The van der Waals surface area contributed by atoms with E-state index in [1.54, 1.807) is 0 Å². The van der Waals surface area contributed by atoms with Gasteiger partial charge in [-0.25, -0.2) is 0 Å². The van der Waals surface area contributed by atoms with Crippen LogP contribution in [0.15, 0.2) is 12.7 Å². The Morgan fingerprint density at radius 3 is 2.47 bits per heavy atom. The van der Waals surface area contributed by atoms with E-state index in [1.165, 1.54) is 12.8 Å². The van der Waals surface area contributed by atoms with Gasteiger partial charge in [-0.3, -0.25) is 0 Å². The Morgan fingerprint density at radius 1 is 1.47 bits per heavy atom. The Kier molecular flexibility index (Phi) is 7.32. The van der Waals surface area contributed by atoms with Gasteiger partial charge in [-0.05, 0) is 33.6 Å². The van der Waals surface area contributed by atoms with E-state index in [1.807, 2.05) is 26.8 Å². The summed E-state index contributed by atoms with van der Waals surface area (Å²) >= 11 is -0.970. The summed E-state index contributed by atoms with van der Waals surface area (Å²) < 4.78 is 14.9. The van der Waals surface area contributed by atoms with Gasteiger partial charge in [0.2, 0.25) is 0 Å². The Balaban J connectivity index is 4.08. The van der Waals surface area contributed by atoms with Crippen LogP contribution in [0.25, 0.3) is 0 Å². The zero-order chi connectivity index (χ0) is 11.9. The molecule has 0 spiro atoms. The molecule has 0 saturated carbocycles. The maximum atomic E-state index is 11.9. The molecule has 0 aromatic rings. The third kappa shape index (κ3) is 6.98. The van der Waals surface area contributed by atoms with Crippen LogP contribution in [0.4, 0.5) is 0 Å². The molecule has 90 valence electrons. The lowest BCUT2D eigenvalue weighted by molar-refractivity contribution is 0.494. The van der Waals surface area contributed by atoms with Gasteiger partial charge in [0.05, 0.1) is 6.04 Å². The van der Waals surface area contributed by atoms with Crippen LogP contribution in [-0.2, 0) is 11.4 Å². The normalized spacial score (nSPS) is 16.1. The minimum absolute atomic E-state index is 0.189. The van der Waals surface area contributed by atoms with Crippen molar-refractivity contribution in [1.82, 2.24) is 4.72 Å². The molecular weight excluding hydrogens is 206 g/mol. The van der Waals surface area contributed by atoms with Gasteiger partial charge in [-0.2, -0.15) is 0 Å². The van der Waals surface area contributed by atoms with Crippen molar-refractivity contribution in [1.29, 1.82) is 0 Å². The summed E-state index contributed by atoms with van der Waals surface area (Å²) in [6, 6.07) is 0.308. The second-order valence-electron chi connectivity index (χ2n) is 4.86. The van der Waals surface area contributed by atoms with Gasteiger partial charge in [0.1, 0.15) is 4.75 Å². The van der Waals surface area contributed by atoms with Gasteiger partial charge in [0, 0.05) is 11.4 Å². The second kappa shape index (κ2) is 7.31. The highest BCUT2D eigenvalue weighted by Gasteiger charge is 2.28. The zero-order valence-corrected chi connectivity index (χ0v) is 11.3. The van der Waals surface area contributed by atoms with E-state index in [-0.39, 0.29) is 4.75 Å². The summed E-state index contributed by atoms with van der Waals surface area (Å²) in [6.07, 6.45) is 6.21. The van der Waals surface area contributed by atoms with Crippen LogP contribution < -0.4 is 4.72 Å². The molecule has 2 nitrogen and oxygen atoms in total. The van der Waals surface area contributed by atoms with Crippen LogP contribution in [-0.4, -0.2) is 15.3 Å². The Hall–Kier alpha value is 0.01000. The fourth-order valence-corrected chi connectivity index (χ4v) is 2.08. The number of unbranched alkanes of at least 4 members (excludes halogenated alkanes) is 1. The molecule has 0 heterocycles. The molecule has 2 atom stereocenters. The van der Waals surface area contributed by atoms with Crippen molar-refractivity contribution in [3.63, 3.8) is 0 Å². The molecule has 3 heteroatoms. The third-order valence-corrected chi connectivity index (χ3v) is 3.85. The molecule has 0 aliphatic heterocycles. The molecule has 0 amide bonds. The van der Waals surface area contributed by atoms with E-state index in [0.717, 1.165) is 12.8 Å². The molecule has 0 radical (unpaired) electrons. The number of hydrogen-bond donors (Lipinski definition) is 1. The SMILES string of the molecule is C=CC[C@H](CCCC)N[S@@+]([O-])C(C)(C)C. The van der Waals surface area contributed by atoms with Crippen molar-refractivity contribution in [2.75, 3.05) is 0 Å². The Bertz CT molecular complexity index is 177. The summed E-state index contributed by atoms with van der Waals surface area (Å²) in [5.41, 5.74) is 0. The van der Waals surface area contributed by atoms with Crippen LogP contribution >= 0.6 is 0 Å². The highest BCUT2D eigenvalue weighted by atomic mass is 32.2. The lowest BCUT2D eigenvalue weighted by atomic mass is 10.1. The summed E-state index contributed by atoms with van der Waals surface area (Å²) in [7, 11) is 0. The smallest absolute Gasteiger partial charge is 0.136 e. The first-order valence-corrected chi connectivity index (χ1v) is 6.85. The molecule has 0 aromatic carbocycles. The zero-order valence-electron chi connectivity index (χ0n) is 10.5. The molecule has 0 unspecified atom stereocenters. The van der Waals surface area contributed by atoms with E-state index >= 15 is 0 Å². The standard InChI is InChI=1S/C12H25NOS/c1-6-8-10-11(9-7-2)13-15(14)12(3,4)5/h7,11,13H,2,6,8-10H2,1,3-5H3/t11-,15+/m1/s1. The maximum absolute atomic E-state index is 11.9. The quantitative estimate of drug-likeness (QED) is 0.539. The molecule has 0 aromatic heterocycles. The molecule has 0 aliphatic carbocycles. The van der Waals surface area contributed by atoms with Gasteiger partial charge in [0.15, 0.2) is 0 Å². The van der Waals surface area contributed by atoms with Gasteiger partial charge >= 0.3 is 0 Å². The predicted octanol–water partition coefficient (Wildman–Crippen LogP) is 3.17. The summed E-state index contributed by atoms with van der Waals surface area (Å²) in [6.45, 7) is 11.9. The highest BCUT2D eigenvalue weighted by Crippen LogP contribution is 2.16. The molecule has 0 saturated heterocycles. The van der Waals surface area contributed by atoms with Crippen LogP contribution in [0.3, 0.4) is 0 Å². The van der Waals surface area contributed by atoms with Crippen molar-refractivity contribution in [3.05, 3.63) is 12.7 Å². The van der Waals surface area contributed by atoms with Crippen molar-refractivity contribution >= 4 is 11.4 Å². The molecule has 15 heavy (non-hydrogen) atoms. The van der Waals surface area contributed by atoms with E-state index in [9.17, 15) is 4.55 Å². The monoisotopic (exact) mass is 231 g/mol. The average Bonchev–Trinajstić information content (AvgIpc) is 2.13. The molecule has 0 bridgehead atoms. The molecule has 1 N–H and O–H groups in total. The topological polar surface area (TPSA) is 35.1 Å². The van der Waals surface area contributed by atoms with Gasteiger partial charge in [-0.15, -0.1) is 11.3 Å². The summed E-state index contributed by atoms with van der Waals surface area (Å²) in [4.78, 5) is 0. The van der Waals surface area contributed by atoms with Crippen LogP contribution in [0, 0.1) is 0 Å². The lowest BCUT2D eigenvalue weighted by Crippen LogP contribution is -2.44. The van der Waals surface area contributed by atoms with E-state index in [4.69, 9.17) is 0 Å². The summed E-state index contributed by atoms with van der Waals surface area (Å²) in [5, 5.41) is 0. The van der Waals surface area contributed by atoms with Crippen LogP contribution in [0.1, 0.15) is 53.4 Å². The molecule has 0 rings (SSSR count).